The summed E-state index contributed by atoms with van der Waals surface area (Å²) < 4.78 is 5.69. The quantitative estimate of drug-likeness (QED) is 0.436. The summed E-state index contributed by atoms with van der Waals surface area (Å²) in [7, 11) is 0. The molecule has 41 heavy (non-hydrogen) atoms. The fraction of sp³-hybridized carbons (Fsp3) is 0.629. The van der Waals surface area contributed by atoms with Crippen LogP contribution in [0.15, 0.2) is 60.7 Å². The van der Waals surface area contributed by atoms with Crippen molar-refractivity contribution >= 4 is 6.09 Å². The number of aliphatic hydroxyl groups excluding tert-OH is 1. The van der Waals surface area contributed by atoms with Crippen LogP contribution in [-0.2, 0) is 11.3 Å². The topological polar surface area (TPSA) is 56.2 Å². The lowest BCUT2D eigenvalue weighted by Crippen LogP contribution is -2.48. The second-order valence-corrected chi connectivity index (χ2v) is 13.2. The maximum Gasteiger partial charge on any atom is 0.410 e. The largest absolute Gasteiger partial charge is 0.445 e. The molecule has 0 bridgehead atoms. The van der Waals surface area contributed by atoms with Crippen molar-refractivity contribution in [1.82, 2.24) is 14.7 Å². The zero-order chi connectivity index (χ0) is 28.3. The van der Waals surface area contributed by atoms with E-state index in [2.05, 4.69) is 54.0 Å². The zero-order valence-corrected chi connectivity index (χ0v) is 25.0. The maximum atomic E-state index is 13.0. The van der Waals surface area contributed by atoms with Crippen LogP contribution >= 0.6 is 0 Å². The van der Waals surface area contributed by atoms with E-state index in [-0.39, 0.29) is 18.2 Å². The molecule has 2 aromatic rings. The lowest BCUT2D eigenvalue weighted by Gasteiger charge is -2.39. The van der Waals surface area contributed by atoms with Crippen LogP contribution in [0.5, 0.6) is 0 Å². The number of piperidine rings is 1. The molecule has 2 heterocycles. The summed E-state index contributed by atoms with van der Waals surface area (Å²) >= 11 is 0. The van der Waals surface area contributed by atoms with Gasteiger partial charge in [0.2, 0.25) is 0 Å². The Kier molecular flexibility index (Phi) is 8.99. The number of benzene rings is 2. The Morgan fingerprint density at radius 2 is 1.66 bits per heavy atom. The molecule has 2 saturated carbocycles. The molecule has 2 aromatic carbocycles. The Balaban J connectivity index is 1.07. The van der Waals surface area contributed by atoms with Crippen molar-refractivity contribution in [2.45, 2.75) is 102 Å². The smallest absolute Gasteiger partial charge is 0.410 e. The Morgan fingerprint density at radius 3 is 2.37 bits per heavy atom. The fourth-order valence-corrected chi connectivity index (χ4v) is 8.93. The van der Waals surface area contributed by atoms with E-state index >= 15 is 0 Å². The highest BCUT2D eigenvalue weighted by Gasteiger charge is 2.51. The second kappa shape index (κ2) is 12.8. The summed E-state index contributed by atoms with van der Waals surface area (Å²) in [5, 5.41) is 10.9. The van der Waals surface area contributed by atoms with Crippen molar-refractivity contribution in [3.8, 4) is 0 Å². The number of ether oxygens (including phenoxy) is 1. The molecule has 2 saturated heterocycles. The number of carbonyl (C=O) groups excluding carboxylic acids is 1. The van der Waals surface area contributed by atoms with Crippen molar-refractivity contribution in [2.75, 3.05) is 26.2 Å². The van der Waals surface area contributed by atoms with Gasteiger partial charge in [0.1, 0.15) is 6.61 Å². The number of hydrogen-bond acceptors (Lipinski definition) is 5. The first-order valence-corrected chi connectivity index (χ1v) is 16.2. The SMILES string of the molecule is CCN(C(=O)OCc1ccccc1)C1CCN(C[C@H]2CC(N3C(C)C[C@@H]4CCC(O)[C@@H]43)C[C@@H]2c2ccccc2)CC1. The van der Waals surface area contributed by atoms with Crippen LogP contribution in [0.4, 0.5) is 4.79 Å². The van der Waals surface area contributed by atoms with Crippen LogP contribution in [0.1, 0.15) is 75.8 Å². The molecule has 0 aromatic heterocycles. The minimum absolute atomic E-state index is 0.154. The number of aliphatic hydroxyl groups is 1. The minimum Gasteiger partial charge on any atom is -0.445 e. The summed E-state index contributed by atoms with van der Waals surface area (Å²) in [6, 6.07) is 22.8. The number of carbonyl (C=O) groups is 1. The summed E-state index contributed by atoms with van der Waals surface area (Å²) in [5.74, 6) is 1.85. The molecule has 7 atom stereocenters. The Hall–Kier alpha value is -2.41. The molecule has 0 radical (unpaired) electrons. The first kappa shape index (κ1) is 28.7. The molecule has 3 unspecified atom stereocenters. The van der Waals surface area contributed by atoms with Crippen LogP contribution in [0, 0.1) is 11.8 Å². The zero-order valence-electron chi connectivity index (χ0n) is 25.0. The summed E-state index contributed by atoms with van der Waals surface area (Å²) in [6.07, 6.45) is 7.47. The number of likely N-dealkylation sites (tertiary alicyclic amines) is 2. The highest BCUT2D eigenvalue weighted by Crippen LogP contribution is 2.49. The Morgan fingerprint density at radius 1 is 0.951 bits per heavy atom. The molecule has 6 nitrogen and oxygen atoms in total. The number of nitrogens with zero attached hydrogens (tertiary/aromatic N) is 3. The monoisotopic (exact) mass is 559 g/mol. The number of hydrogen-bond donors (Lipinski definition) is 1. The molecule has 6 heteroatoms. The van der Waals surface area contributed by atoms with Gasteiger partial charge in [-0.15, -0.1) is 0 Å². The highest BCUT2D eigenvalue weighted by molar-refractivity contribution is 5.68. The van der Waals surface area contributed by atoms with Gasteiger partial charge in [-0.3, -0.25) is 4.90 Å². The summed E-state index contributed by atoms with van der Waals surface area (Å²) in [6.45, 7) is 8.63. The van der Waals surface area contributed by atoms with Crippen molar-refractivity contribution in [1.29, 1.82) is 0 Å². The number of fused-ring (bicyclic) bond motifs is 1. The first-order valence-electron chi connectivity index (χ1n) is 16.2. The average Bonchev–Trinajstić information content (AvgIpc) is 3.67. The van der Waals surface area contributed by atoms with E-state index in [1.54, 1.807) is 0 Å². The summed E-state index contributed by atoms with van der Waals surface area (Å²) in [5.41, 5.74) is 2.50. The lowest BCUT2D eigenvalue weighted by molar-refractivity contribution is 0.0403. The number of rotatable bonds is 8. The van der Waals surface area contributed by atoms with Crippen LogP contribution < -0.4 is 0 Å². The highest BCUT2D eigenvalue weighted by atomic mass is 16.6. The first-order chi connectivity index (χ1) is 20.0. The van der Waals surface area contributed by atoms with Crippen LogP contribution in [0.2, 0.25) is 0 Å². The van der Waals surface area contributed by atoms with Gasteiger partial charge in [-0.1, -0.05) is 60.7 Å². The lowest BCUT2D eigenvalue weighted by atomic mass is 9.88. The van der Waals surface area contributed by atoms with Gasteiger partial charge in [0.25, 0.3) is 0 Å². The van der Waals surface area contributed by atoms with Crippen LogP contribution in [0.25, 0.3) is 0 Å². The van der Waals surface area contributed by atoms with E-state index < -0.39 is 0 Å². The van der Waals surface area contributed by atoms with Gasteiger partial charge in [-0.05, 0) is 87.7 Å². The number of amides is 1. The standard InChI is InChI=1S/C35H49N3O3/c1-3-37(35(40)41-24-26-10-6-4-7-11-26)30-16-18-36(19-17-30)23-29-21-31(22-32(29)27-12-8-5-9-13-27)38-25(2)20-28-14-15-33(39)34(28)38/h4-13,25,28-34,39H,3,14-24H2,1-2H3/t25?,28-,29+,31?,32+,33?,34+/m0/s1. The summed E-state index contributed by atoms with van der Waals surface area (Å²) in [4.78, 5) is 20.3. The van der Waals surface area contributed by atoms with E-state index in [0.29, 0.717) is 49.0 Å². The molecule has 0 spiro atoms. The van der Waals surface area contributed by atoms with Crippen molar-refractivity contribution in [3.05, 3.63) is 71.8 Å². The fourth-order valence-electron chi connectivity index (χ4n) is 8.93. The molecule has 1 N–H and O–H groups in total. The molecule has 4 fully saturated rings. The van der Waals surface area contributed by atoms with E-state index in [4.69, 9.17) is 4.74 Å². The predicted octanol–water partition coefficient (Wildman–Crippen LogP) is 5.91. The van der Waals surface area contributed by atoms with Crippen molar-refractivity contribution in [2.24, 2.45) is 11.8 Å². The minimum atomic E-state index is -0.190. The van der Waals surface area contributed by atoms with Gasteiger partial charge in [-0.25, -0.2) is 4.79 Å². The van der Waals surface area contributed by atoms with Gasteiger partial charge < -0.3 is 19.6 Å². The predicted molar refractivity (Wildman–Crippen MR) is 163 cm³/mol. The maximum absolute atomic E-state index is 13.0. The average molecular weight is 560 g/mol. The molecule has 1 amide bonds. The van der Waals surface area contributed by atoms with E-state index in [9.17, 15) is 9.90 Å². The van der Waals surface area contributed by atoms with E-state index in [0.717, 1.165) is 44.5 Å². The normalized spacial score (nSPS) is 32.7. The van der Waals surface area contributed by atoms with Crippen molar-refractivity contribution in [3.63, 3.8) is 0 Å². The van der Waals surface area contributed by atoms with Crippen molar-refractivity contribution < 1.29 is 14.6 Å². The van der Waals surface area contributed by atoms with Crippen LogP contribution in [-0.4, -0.2) is 82.3 Å². The van der Waals surface area contributed by atoms with Gasteiger partial charge >= 0.3 is 6.09 Å². The third-order valence-electron chi connectivity index (χ3n) is 10.8. The molecule has 2 aliphatic heterocycles. The molecule has 4 aliphatic rings. The van der Waals surface area contributed by atoms with Gasteiger partial charge in [0, 0.05) is 50.3 Å². The van der Waals surface area contributed by atoms with E-state index in [1.807, 2.05) is 35.2 Å². The third-order valence-corrected chi connectivity index (χ3v) is 10.8. The van der Waals surface area contributed by atoms with Gasteiger partial charge in [-0.2, -0.15) is 0 Å². The molecule has 6 rings (SSSR count). The van der Waals surface area contributed by atoms with Crippen LogP contribution in [0.3, 0.4) is 0 Å². The molecular formula is C35H49N3O3. The second-order valence-electron chi connectivity index (χ2n) is 13.2. The Labute approximate surface area is 246 Å². The molecular weight excluding hydrogens is 510 g/mol. The molecule has 222 valence electrons. The molecule has 2 aliphatic carbocycles. The van der Waals surface area contributed by atoms with E-state index in [1.165, 1.54) is 31.2 Å². The third kappa shape index (κ3) is 6.21. The van der Waals surface area contributed by atoms with Gasteiger partial charge in [0.15, 0.2) is 0 Å². The van der Waals surface area contributed by atoms with Gasteiger partial charge in [0.05, 0.1) is 6.10 Å². The Bertz CT molecular complexity index is 1120.